The summed E-state index contributed by atoms with van der Waals surface area (Å²) in [5.74, 6) is 1.38. The van der Waals surface area contributed by atoms with Crippen LogP contribution in [-0.4, -0.2) is 59.7 Å². The molecule has 4 aromatic rings. The van der Waals surface area contributed by atoms with Gasteiger partial charge in [0.25, 0.3) is 0 Å². The van der Waals surface area contributed by atoms with E-state index in [9.17, 15) is 14.3 Å². The molecule has 2 aliphatic heterocycles. The van der Waals surface area contributed by atoms with Crippen molar-refractivity contribution in [3.63, 3.8) is 0 Å². The minimum atomic E-state index is -3.06. The van der Waals surface area contributed by atoms with Gasteiger partial charge in [0.15, 0.2) is 17.9 Å². The average molecular weight is 621 g/mol. The van der Waals surface area contributed by atoms with Crippen LogP contribution in [0.4, 0.5) is 5.82 Å². The van der Waals surface area contributed by atoms with Crippen molar-refractivity contribution in [1.82, 2.24) is 9.55 Å². The lowest BCUT2D eigenvalue weighted by molar-refractivity contribution is -0.203. The van der Waals surface area contributed by atoms with E-state index >= 15 is 0 Å². The quantitative estimate of drug-likeness (QED) is 0.187. The largest absolute Gasteiger partial charge is 0.695 e. The number of fused-ring (bicyclic) bond motifs is 2. The normalized spacial score (nSPS) is 23.0. The highest BCUT2D eigenvalue weighted by Crippen LogP contribution is 2.51. The first-order valence-electron chi connectivity index (χ1n) is 13.8. The zero-order valence-electron chi connectivity index (χ0n) is 23.9. The molecule has 0 amide bonds. The Bertz CT molecular complexity index is 1640. The van der Waals surface area contributed by atoms with Gasteiger partial charge in [-0.15, -0.1) is 9.42 Å². The maximum Gasteiger partial charge on any atom is 0.695 e. The number of rotatable bonds is 11. The Balaban J connectivity index is 1.46. The summed E-state index contributed by atoms with van der Waals surface area (Å²) in [6.07, 6.45) is -1.53. The lowest BCUT2D eigenvalue weighted by Gasteiger charge is -2.39. The Morgan fingerprint density at radius 1 is 0.977 bits per heavy atom. The molecule has 2 saturated heterocycles. The van der Waals surface area contributed by atoms with Gasteiger partial charge in [0.05, 0.1) is 27.4 Å². The lowest BCUT2D eigenvalue weighted by Crippen LogP contribution is -2.49. The molecule has 1 aromatic heterocycles. The van der Waals surface area contributed by atoms with Gasteiger partial charge in [-0.1, -0.05) is 54.6 Å². The van der Waals surface area contributed by atoms with E-state index in [2.05, 4.69) is 4.98 Å². The van der Waals surface area contributed by atoms with Crippen LogP contribution < -0.4 is 20.9 Å². The Kier molecular flexibility index (Phi) is 8.21. The smallest absolute Gasteiger partial charge is 0.497 e. The minimum absolute atomic E-state index is 0.0186. The van der Waals surface area contributed by atoms with Crippen LogP contribution in [0.2, 0.25) is 0 Å². The molecule has 12 nitrogen and oxygen atoms in total. The van der Waals surface area contributed by atoms with Gasteiger partial charge in [-0.25, -0.2) is 4.79 Å². The van der Waals surface area contributed by atoms with Crippen LogP contribution in [0.5, 0.6) is 11.5 Å². The second kappa shape index (κ2) is 12.1. The van der Waals surface area contributed by atoms with E-state index in [4.69, 9.17) is 33.9 Å². The molecule has 0 spiro atoms. The van der Waals surface area contributed by atoms with Crippen molar-refractivity contribution in [2.45, 2.75) is 29.6 Å². The SMILES string of the molecule is COc1ccc(C(OC[C@@]23CO[C@H](C2O[P+](=O)O)[C@H](n2ccc(N)nc2=O)O3)(c2ccccc2)c2ccc(OC)cc2)cc1. The van der Waals surface area contributed by atoms with Gasteiger partial charge in [0, 0.05) is 10.8 Å². The van der Waals surface area contributed by atoms with Gasteiger partial charge in [0.1, 0.15) is 29.0 Å². The van der Waals surface area contributed by atoms with Crippen molar-refractivity contribution in [2.24, 2.45) is 0 Å². The number of nitrogens with zero attached hydrogens (tertiary/aromatic N) is 2. The number of hydrogen-bond acceptors (Lipinski definition) is 10. The van der Waals surface area contributed by atoms with E-state index in [1.807, 2.05) is 78.9 Å². The third-order valence-electron chi connectivity index (χ3n) is 8.01. The van der Waals surface area contributed by atoms with Crippen molar-refractivity contribution in [3.8, 4) is 11.5 Å². The fourth-order valence-corrected chi connectivity index (χ4v) is 6.40. The van der Waals surface area contributed by atoms with Crippen molar-refractivity contribution in [2.75, 3.05) is 33.2 Å². The topological polar surface area (TPSA) is 154 Å². The van der Waals surface area contributed by atoms with Gasteiger partial charge >= 0.3 is 13.9 Å². The summed E-state index contributed by atoms with van der Waals surface area (Å²) < 4.78 is 49.1. The molecule has 2 fully saturated rings. The Morgan fingerprint density at radius 3 is 2.11 bits per heavy atom. The van der Waals surface area contributed by atoms with Crippen LogP contribution >= 0.6 is 8.25 Å². The van der Waals surface area contributed by atoms with Crippen LogP contribution in [0.3, 0.4) is 0 Å². The van der Waals surface area contributed by atoms with Gasteiger partial charge < -0.3 is 29.4 Å². The summed E-state index contributed by atoms with van der Waals surface area (Å²) >= 11 is 0. The predicted octanol–water partition coefficient (Wildman–Crippen LogP) is 3.55. The molecule has 44 heavy (non-hydrogen) atoms. The van der Waals surface area contributed by atoms with Crippen molar-refractivity contribution >= 4 is 14.1 Å². The van der Waals surface area contributed by atoms with Gasteiger partial charge in [-0.05, 0) is 47.0 Å². The molecule has 0 saturated carbocycles. The molecule has 3 aromatic carbocycles. The first kappa shape index (κ1) is 29.9. The van der Waals surface area contributed by atoms with Crippen LogP contribution in [0.1, 0.15) is 22.9 Å². The van der Waals surface area contributed by atoms with E-state index in [-0.39, 0.29) is 19.0 Å². The number of benzene rings is 3. The highest BCUT2D eigenvalue weighted by atomic mass is 31.1. The summed E-state index contributed by atoms with van der Waals surface area (Å²) in [5, 5.41) is 0. The Hall–Kier alpha value is -4.16. The monoisotopic (exact) mass is 620 g/mol. The van der Waals surface area contributed by atoms with Crippen LogP contribution in [0.15, 0.2) is 95.9 Å². The number of nitrogens with two attached hydrogens (primary N) is 1. The standard InChI is InChI=1S/C31H30N3O9P/c1-38-23-12-8-21(9-13-23)31(20-6-4-3-5-7-20,22-10-14-24(39-2)15-11-22)41-19-30-18-40-26(27(30)43-44(36)37)28(42-30)34-17-16-25(32)33-29(34)35/h3-17,26-28H,18-19H2,1-2H3,(H2-,32,33,35,36,37)/p+1/t26-,27?,28-,30+/m1/s1. The Labute approximate surface area is 253 Å². The highest BCUT2D eigenvalue weighted by molar-refractivity contribution is 7.32. The average Bonchev–Trinajstić information content (AvgIpc) is 3.53. The third kappa shape index (κ3) is 5.26. The predicted molar refractivity (Wildman–Crippen MR) is 158 cm³/mol. The highest BCUT2D eigenvalue weighted by Gasteiger charge is 2.67. The molecule has 5 atom stereocenters. The van der Waals surface area contributed by atoms with Crippen molar-refractivity contribution < 1.29 is 37.7 Å². The first-order valence-corrected chi connectivity index (χ1v) is 14.9. The summed E-state index contributed by atoms with van der Waals surface area (Å²) in [6, 6.07) is 26.1. The number of methoxy groups -OCH3 is 2. The number of nitrogen functional groups attached to an aromatic ring is 1. The van der Waals surface area contributed by atoms with E-state index < -0.39 is 43.6 Å². The molecule has 0 radical (unpaired) electrons. The van der Waals surface area contributed by atoms with E-state index in [0.717, 1.165) is 16.7 Å². The minimum Gasteiger partial charge on any atom is -0.497 e. The molecule has 6 rings (SSSR count). The van der Waals surface area contributed by atoms with Crippen LogP contribution in [0.25, 0.3) is 0 Å². The summed E-state index contributed by atoms with van der Waals surface area (Å²) in [5.41, 5.74) is 4.81. The summed E-state index contributed by atoms with van der Waals surface area (Å²) in [7, 11) is 0.133. The van der Waals surface area contributed by atoms with E-state index in [0.29, 0.717) is 11.5 Å². The lowest BCUT2D eigenvalue weighted by atomic mass is 9.79. The van der Waals surface area contributed by atoms with Crippen molar-refractivity contribution in [1.29, 1.82) is 0 Å². The fraction of sp³-hybridized carbons (Fsp3) is 0.290. The van der Waals surface area contributed by atoms with Crippen LogP contribution in [-0.2, 0) is 28.9 Å². The zero-order chi connectivity index (χ0) is 30.9. The molecular formula is C31H31N3O9P+. The molecule has 2 unspecified atom stereocenters. The van der Waals surface area contributed by atoms with Crippen molar-refractivity contribution in [3.05, 3.63) is 118 Å². The van der Waals surface area contributed by atoms with Gasteiger partial charge in [-0.3, -0.25) is 4.57 Å². The molecule has 2 bridgehead atoms. The van der Waals surface area contributed by atoms with E-state index in [1.165, 1.54) is 16.8 Å². The second-order valence-electron chi connectivity index (χ2n) is 10.4. The maximum atomic E-state index is 12.8. The second-order valence-corrected chi connectivity index (χ2v) is 11.1. The molecule has 3 heterocycles. The number of aromatic nitrogens is 2. The molecule has 228 valence electrons. The molecule has 13 heteroatoms. The molecular weight excluding hydrogens is 589 g/mol. The number of ether oxygens (including phenoxy) is 5. The molecule has 3 N–H and O–H groups in total. The number of anilines is 1. The fourth-order valence-electron chi connectivity index (χ4n) is 5.90. The third-order valence-corrected chi connectivity index (χ3v) is 8.42. The molecule has 0 aliphatic carbocycles. The van der Waals surface area contributed by atoms with E-state index in [1.54, 1.807) is 14.2 Å². The number of hydrogen-bond donors (Lipinski definition) is 2. The summed E-state index contributed by atoms with van der Waals surface area (Å²) in [4.78, 5) is 26.4. The maximum absolute atomic E-state index is 12.8. The Morgan fingerprint density at radius 2 is 1.57 bits per heavy atom. The molecule has 2 aliphatic rings. The zero-order valence-corrected chi connectivity index (χ0v) is 24.8. The van der Waals surface area contributed by atoms with Gasteiger partial charge in [0.2, 0.25) is 0 Å². The summed E-state index contributed by atoms with van der Waals surface area (Å²) in [6.45, 7) is -0.173. The van der Waals surface area contributed by atoms with Crippen LogP contribution in [0, 0.1) is 0 Å². The van der Waals surface area contributed by atoms with Gasteiger partial charge in [-0.2, -0.15) is 4.98 Å². The first-order chi connectivity index (χ1) is 21.3.